The molecule has 0 radical (unpaired) electrons. The van der Waals surface area contributed by atoms with Crippen molar-refractivity contribution in [3.8, 4) is 5.75 Å². The minimum Gasteiger partial charge on any atom is -0.494 e. The molecule has 0 aliphatic heterocycles. The first-order valence-electron chi connectivity index (χ1n) is 5.20. The molecule has 0 spiro atoms. The van der Waals surface area contributed by atoms with Crippen LogP contribution >= 0.6 is 0 Å². The highest BCUT2D eigenvalue weighted by atomic mass is 16.5. The van der Waals surface area contributed by atoms with Crippen molar-refractivity contribution >= 4 is 0 Å². The average molecular weight is 209 g/mol. The molecule has 0 heterocycles. The largest absolute Gasteiger partial charge is 0.494 e. The Morgan fingerprint density at radius 1 is 1.40 bits per heavy atom. The molecule has 3 heteroatoms. The van der Waals surface area contributed by atoms with Crippen LogP contribution in [-0.2, 0) is 4.74 Å². The molecule has 0 saturated carbocycles. The maximum absolute atomic E-state index is 5.45. The van der Waals surface area contributed by atoms with Crippen molar-refractivity contribution in [2.45, 2.75) is 13.0 Å². The van der Waals surface area contributed by atoms with Gasteiger partial charge in [-0.05, 0) is 31.7 Å². The summed E-state index contributed by atoms with van der Waals surface area (Å²) in [6, 6.07) is 8.30. The fourth-order valence-corrected chi connectivity index (χ4v) is 1.50. The van der Waals surface area contributed by atoms with E-state index in [0.29, 0.717) is 13.2 Å². The molecule has 0 aliphatic rings. The average Bonchev–Trinajstić information content (AvgIpc) is 2.27. The van der Waals surface area contributed by atoms with E-state index >= 15 is 0 Å². The lowest BCUT2D eigenvalue weighted by molar-refractivity contribution is 0.170. The number of hydrogen-bond acceptors (Lipinski definition) is 3. The maximum Gasteiger partial charge on any atom is 0.119 e. The number of hydrogen-bond donors (Lipinski definition) is 1. The molecule has 1 aromatic rings. The molecule has 15 heavy (non-hydrogen) atoms. The molecule has 1 aromatic carbocycles. The van der Waals surface area contributed by atoms with E-state index in [9.17, 15) is 0 Å². The van der Waals surface area contributed by atoms with E-state index in [1.807, 2.05) is 32.2 Å². The lowest BCUT2D eigenvalue weighted by atomic mass is 10.1. The van der Waals surface area contributed by atoms with Crippen LogP contribution in [-0.4, -0.2) is 27.4 Å². The Labute approximate surface area is 91.4 Å². The zero-order valence-corrected chi connectivity index (χ0v) is 9.62. The summed E-state index contributed by atoms with van der Waals surface area (Å²) in [5.41, 5.74) is 1.19. The summed E-state index contributed by atoms with van der Waals surface area (Å²) in [5.74, 6) is 0.909. The predicted molar refractivity (Wildman–Crippen MR) is 61.3 cm³/mol. The summed E-state index contributed by atoms with van der Waals surface area (Å²) in [6.45, 7) is 3.33. The third-order valence-corrected chi connectivity index (χ3v) is 2.25. The van der Waals surface area contributed by atoms with E-state index in [1.165, 1.54) is 5.56 Å². The van der Waals surface area contributed by atoms with E-state index in [4.69, 9.17) is 9.47 Å². The SMILES string of the molecule is CCOc1cccc(C(COC)NC)c1. The van der Waals surface area contributed by atoms with Gasteiger partial charge in [0.2, 0.25) is 0 Å². The summed E-state index contributed by atoms with van der Waals surface area (Å²) in [4.78, 5) is 0. The van der Waals surface area contributed by atoms with E-state index in [-0.39, 0.29) is 6.04 Å². The van der Waals surface area contributed by atoms with Gasteiger partial charge in [0.25, 0.3) is 0 Å². The van der Waals surface area contributed by atoms with Crippen LogP contribution in [0.3, 0.4) is 0 Å². The van der Waals surface area contributed by atoms with Crippen molar-refractivity contribution in [3.05, 3.63) is 29.8 Å². The minimum absolute atomic E-state index is 0.218. The van der Waals surface area contributed by atoms with E-state index in [1.54, 1.807) is 7.11 Å². The molecule has 0 amide bonds. The van der Waals surface area contributed by atoms with Gasteiger partial charge in [-0.1, -0.05) is 12.1 Å². The summed E-state index contributed by atoms with van der Waals surface area (Å²) >= 11 is 0. The van der Waals surface area contributed by atoms with Crippen LogP contribution in [0, 0.1) is 0 Å². The Hall–Kier alpha value is -1.06. The van der Waals surface area contributed by atoms with Crippen molar-refractivity contribution < 1.29 is 9.47 Å². The standard InChI is InChI=1S/C12H19NO2/c1-4-15-11-7-5-6-10(8-11)12(13-2)9-14-3/h5-8,12-13H,4,9H2,1-3H3. The maximum atomic E-state index is 5.45. The van der Waals surface area contributed by atoms with E-state index in [0.717, 1.165) is 5.75 Å². The molecule has 3 nitrogen and oxygen atoms in total. The van der Waals surface area contributed by atoms with Crippen LogP contribution in [0.4, 0.5) is 0 Å². The smallest absolute Gasteiger partial charge is 0.119 e. The number of benzene rings is 1. The molecule has 1 atom stereocenters. The fourth-order valence-electron chi connectivity index (χ4n) is 1.50. The van der Waals surface area contributed by atoms with Crippen LogP contribution in [0.15, 0.2) is 24.3 Å². The van der Waals surface area contributed by atoms with Gasteiger partial charge in [0.15, 0.2) is 0 Å². The molecule has 0 aromatic heterocycles. The molecule has 84 valence electrons. The van der Waals surface area contributed by atoms with E-state index < -0.39 is 0 Å². The Morgan fingerprint density at radius 3 is 2.80 bits per heavy atom. The third kappa shape index (κ3) is 3.53. The summed E-state index contributed by atoms with van der Waals surface area (Å²) in [6.07, 6.45) is 0. The lowest BCUT2D eigenvalue weighted by Crippen LogP contribution is -2.21. The van der Waals surface area contributed by atoms with Gasteiger partial charge in [-0.15, -0.1) is 0 Å². The molecule has 1 rings (SSSR count). The highest BCUT2D eigenvalue weighted by Crippen LogP contribution is 2.19. The van der Waals surface area contributed by atoms with Crippen LogP contribution in [0.25, 0.3) is 0 Å². The first-order chi connectivity index (χ1) is 7.31. The van der Waals surface area contributed by atoms with Crippen LogP contribution in [0.2, 0.25) is 0 Å². The van der Waals surface area contributed by atoms with Crippen LogP contribution < -0.4 is 10.1 Å². The fraction of sp³-hybridized carbons (Fsp3) is 0.500. The highest BCUT2D eigenvalue weighted by molar-refractivity contribution is 5.30. The lowest BCUT2D eigenvalue weighted by Gasteiger charge is -2.16. The summed E-state index contributed by atoms with van der Waals surface area (Å²) in [7, 11) is 3.63. The first-order valence-corrected chi connectivity index (χ1v) is 5.20. The molecule has 0 saturated heterocycles. The van der Waals surface area contributed by atoms with Crippen molar-refractivity contribution in [2.24, 2.45) is 0 Å². The van der Waals surface area contributed by atoms with E-state index in [2.05, 4.69) is 11.4 Å². The Morgan fingerprint density at radius 2 is 2.20 bits per heavy atom. The zero-order valence-electron chi connectivity index (χ0n) is 9.62. The van der Waals surface area contributed by atoms with Crippen molar-refractivity contribution in [3.63, 3.8) is 0 Å². The second kappa shape index (κ2) is 6.43. The molecule has 0 bridgehead atoms. The number of rotatable bonds is 6. The molecule has 1 N–H and O–H groups in total. The van der Waals surface area contributed by atoms with Gasteiger partial charge in [0.05, 0.1) is 19.3 Å². The summed E-state index contributed by atoms with van der Waals surface area (Å²) < 4.78 is 10.6. The quantitative estimate of drug-likeness (QED) is 0.777. The number of methoxy groups -OCH3 is 1. The Kier molecular flexibility index (Phi) is 5.15. The van der Waals surface area contributed by atoms with Gasteiger partial charge in [-0.2, -0.15) is 0 Å². The van der Waals surface area contributed by atoms with Crippen molar-refractivity contribution in [2.75, 3.05) is 27.4 Å². The second-order valence-electron chi connectivity index (χ2n) is 3.30. The molecule has 0 aliphatic carbocycles. The van der Waals surface area contributed by atoms with Gasteiger partial charge in [0.1, 0.15) is 5.75 Å². The normalized spacial score (nSPS) is 12.5. The summed E-state index contributed by atoms with van der Waals surface area (Å²) in [5, 5.41) is 3.21. The van der Waals surface area contributed by atoms with Crippen LogP contribution in [0.5, 0.6) is 5.75 Å². The molecule has 0 fully saturated rings. The van der Waals surface area contributed by atoms with Crippen LogP contribution in [0.1, 0.15) is 18.5 Å². The van der Waals surface area contributed by atoms with Gasteiger partial charge in [-0.25, -0.2) is 0 Å². The first kappa shape index (κ1) is 12.0. The second-order valence-corrected chi connectivity index (χ2v) is 3.30. The monoisotopic (exact) mass is 209 g/mol. The number of likely N-dealkylation sites (N-methyl/N-ethyl adjacent to an activating group) is 1. The zero-order chi connectivity index (χ0) is 11.1. The molecule has 1 unspecified atom stereocenters. The van der Waals surface area contributed by atoms with Gasteiger partial charge >= 0.3 is 0 Å². The molecular formula is C12H19NO2. The van der Waals surface area contributed by atoms with Gasteiger partial charge < -0.3 is 14.8 Å². The minimum atomic E-state index is 0.218. The van der Waals surface area contributed by atoms with Gasteiger partial charge in [0, 0.05) is 7.11 Å². The Bertz CT molecular complexity index is 289. The predicted octanol–water partition coefficient (Wildman–Crippen LogP) is 1.99. The third-order valence-electron chi connectivity index (χ3n) is 2.25. The van der Waals surface area contributed by atoms with Crippen molar-refractivity contribution in [1.82, 2.24) is 5.32 Å². The molecular weight excluding hydrogens is 190 g/mol. The number of ether oxygens (including phenoxy) is 2. The highest BCUT2D eigenvalue weighted by Gasteiger charge is 2.08. The number of nitrogens with one attached hydrogen (secondary N) is 1. The van der Waals surface area contributed by atoms with Crippen molar-refractivity contribution in [1.29, 1.82) is 0 Å². The topological polar surface area (TPSA) is 30.5 Å². The van der Waals surface area contributed by atoms with Gasteiger partial charge in [-0.3, -0.25) is 0 Å². The Balaban J connectivity index is 2.77.